The first-order valence-corrected chi connectivity index (χ1v) is 13.0. The first-order valence-electron chi connectivity index (χ1n) is 13.0. The maximum Gasteiger partial charge on any atom is 0.319 e. The molecule has 13 heteroatoms. The van der Waals surface area contributed by atoms with Crippen molar-refractivity contribution in [3.05, 3.63) is 29.3 Å². The van der Waals surface area contributed by atoms with Gasteiger partial charge in [-0.3, -0.25) is 9.59 Å². The van der Waals surface area contributed by atoms with Gasteiger partial charge in [0.15, 0.2) is 17.4 Å². The highest BCUT2D eigenvalue weighted by Crippen LogP contribution is 2.27. The zero-order valence-corrected chi connectivity index (χ0v) is 22.3. The standard InChI is InChI=1S/C26H35F4N3O6/c1-26(2,3)39-20(35)13-18(19(34)14-38-23-21(29)16(27)12-17(28)22(23)30)31-24(36)15-6-10-33(11-7-15)25(37)32-8-4-5-9-32/h12,15,18-19,34H,4-11,13-14H2,1-3H3,(H,31,36)/t18-,19?/m0/s1. The number of likely N-dealkylation sites (tertiary alicyclic amines) is 2. The Labute approximate surface area is 224 Å². The van der Waals surface area contributed by atoms with Gasteiger partial charge in [-0.15, -0.1) is 0 Å². The fourth-order valence-electron chi connectivity index (χ4n) is 4.55. The molecule has 0 aliphatic carbocycles. The predicted octanol–water partition coefficient (Wildman–Crippen LogP) is 3.13. The fraction of sp³-hybridized carbons (Fsp3) is 0.654. The second kappa shape index (κ2) is 12.8. The number of halogens is 4. The van der Waals surface area contributed by atoms with Crippen LogP contribution in [0.2, 0.25) is 0 Å². The lowest BCUT2D eigenvalue weighted by Gasteiger charge is -2.35. The van der Waals surface area contributed by atoms with E-state index in [4.69, 9.17) is 9.47 Å². The first-order chi connectivity index (χ1) is 18.3. The van der Waals surface area contributed by atoms with Crippen molar-refractivity contribution in [1.82, 2.24) is 15.1 Å². The molecule has 0 bridgehead atoms. The summed E-state index contributed by atoms with van der Waals surface area (Å²) in [4.78, 5) is 41.6. The van der Waals surface area contributed by atoms with E-state index in [1.807, 2.05) is 0 Å². The lowest BCUT2D eigenvalue weighted by molar-refractivity contribution is -0.156. The maximum absolute atomic E-state index is 14.0. The molecule has 3 rings (SSSR count). The van der Waals surface area contributed by atoms with E-state index in [1.165, 1.54) is 0 Å². The zero-order chi connectivity index (χ0) is 28.9. The topological polar surface area (TPSA) is 108 Å². The Balaban J connectivity index is 1.64. The number of amides is 3. The summed E-state index contributed by atoms with van der Waals surface area (Å²) in [5.41, 5.74) is -0.868. The third kappa shape index (κ3) is 8.20. The predicted molar refractivity (Wildman–Crippen MR) is 131 cm³/mol. The van der Waals surface area contributed by atoms with E-state index in [2.05, 4.69) is 5.32 Å². The van der Waals surface area contributed by atoms with Gasteiger partial charge in [0.05, 0.1) is 12.5 Å². The number of rotatable bonds is 8. The highest BCUT2D eigenvalue weighted by atomic mass is 19.2. The van der Waals surface area contributed by atoms with Crippen LogP contribution >= 0.6 is 0 Å². The lowest BCUT2D eigenvalue weighted by Crippen LogP contribution is -2.52. The van der Waals surface area contributed by atoms with Crippen LogP contribution in [0.3, 0.4) is 0 Å². The molecular formula is C26H35F4N3O6. The third-order valence-corrected chi connectivity index (χ3v) is 6.58. The maximum atomic E-state index is 14.0. The number of carbonyl (C=O) groups is 3. The van der Waals surface area contributed by atoms with Crippen molar-refractivity contribution in [3.63, 3.8) is 0 Å². The summed E-state index contributed by atoms with van der Waals surface area (Å²) in [5, 5.41) is 13.3. The highest BCUT2D eigenvalue weighted by molar-refractivity contribution is 5.81. The van der Waals surface area contributed by atoms with Crippen LogP contribution in [0.15, 0.2) is 6.07 Å². The summed E-state index contributed by atoms with van der Waals surface area (Å²) in [7, 11) is 0. The molecule has 2 saturated heterocycles. The van der Waals surface area contributed by atoms with Crippen LogP contribution in [0.4, 0.5) is 22.4 Å². The number of benzene rings is 1. The molecule has 218 valence electrons. The van der Waals surface area contributed by atoms with Gasteiger partial charge in [-0.25, -0.2) is 13.6 Å². The minimum Gasteiger partial charge on any atom is -0.485 e. The summed E-state index contributed by atoms with van der Waals surface area (Å²) in [6, 6.07) is -1.35. The normalized spacial score (nSPS) is 18.1. The number of nitrogens with one attached hydrogen (secondary N) is 1. The van der Waals surface area contributed by atoms with E-state index in [-0.39, 0.29) is 12.1 Å². The summed E-state index contributed by atoms with van der Waals surface area (Å²) < 4.78 is 65.0. The molecule has 0 spiro atoms. The monoisotopic (exact) mass is 561 g/mol. The molecular weight excluding hydrogens is 526 g/mol. The quantitative estimate of drug-likeness (QED) is 0.287. The summed E-state index contributed by atoms with van der Waals surface area (Å²) in [5.74, 6) is -10.1. The smallest absolute Gasteiger partial charge is 0.319 e. The van der Waals surface area contributed by atoms with Crippen LogP contribution in [0.5, 0.6) is 5.75 Å². The Bertz CT molecular complexity index is 1030. The van der Waals surface area contributed by atoms with Gasteiger partial charge in [0.25, 0.3) is 0 Å². The van der Waals surface area contributed by atoms with E-state index < -0.39 is 77.6 Å². The van der Waals surface area contributed by atoms with Crippen LogP contribution in [0.25, 0.3) is 0 Å². The molecule has 0 aromatic heterocycles. The number of hydrogen-bond donors (Lipinski definition) is 2. The Morgan fingerprint density at radius 3 is 2.08 bits per heavy atom. The number of hydrogen-bond acceptors (Lipinski definition) is 6. The molecule has 3 amide bonds. The van der Waals surface area contributed by atoms with Gasteiger partial charge in [0.1, 0.15) is 18.3 Å². The van der Waals surface area contributed by atoms with Crippen molar-refractivity contribution < 1.29 is 46.5 Å². The molecule has 1 aromatic rings. The second-order valence-corrected chi connectivity index (χ2v) is 10.8. The van der Waals surface area contributed by atoms with Gasteiger partial charge in [-0.05, 0) is 46.5 Å². The number of carbonyl (C=O) groups excluding carboxylic acids is 3. The first kappa shape index (κ1) is 30.5. The molecule has 2 aliphatic heterocycles. The SMILES string of the molecule is CC(C)(C)OC(=O)C[C@H](NC(=O)C1CCN(C(=O)N2CCCC2)CC1)C(O)COc1c(F)c(F)cc(F)c1F. The van der Waals surface area contributed by atoms with Crippen LogP contribution in [-0.4, -0.2) is 83.3 Å². The van der Waals surface area contributed by atoms with E-state index in [1.54, 1.807) is 30.6 Å². The number of urea groups is 1. The minimum absolute atomic E-state index is 0.0174. The molecule has 2 fully saturated rings. The van der Waals surface area contributed by atoms with Crippen molar-refractivity contribution in [2.24, 2.45) is 5.92 Å². The molecule has 1 aromatic carbocycles. The molecule has 0 saturated carbocycles. The molecule has 2 atom stereocenters. The van der Waals surface area contributed by atoms with Crippen molar-refractivity contribution >= 4 is 17.9 Å². The van der Waals surface area contributed by atoms with Crippen molar-refractivity contribution in [3.8, 4) is 5.75 Å². The minimum atomic E-state index is -1.79. The van der Waals surface area contributed by atoms with E-state index in [0.29, 0.717) is 39.0 Å². The van der Waals surface area contributed by atoms with Crippen LogP contribution < -0.4 is 10.1 Å². The molecule has 2 heterocycles. The third-order valence-electron chi connectivity index (χ3n) is 6.58. The summed E-state index contributed by atoms with van der Waals surface area (Å²) in [6.45, 7) is 6.12. The van der Waals surface area contributed by atoms with Crippen molar-refractivity contribution in [2.75, 3.05) is 32.8 Å². The molecule has 0 radical (unpaired) electrons. The highest BCUT2D eigenvalue weighted by Gasteiger charge is 2.34. The van der Waals surface area contributed by atoms with E-state index >= 15 is 0 Å². The molecule has 1 unspecified atom stereocenters. The molecule has 2 N–H and O–H groups in total. The van der Waals surface area contributed by atoms with Crippen LogP contribution in [-0.2, 0) is 14.3 Å². The molecule has 9 nitrogen and oxygen atoms in total. The number of nitrogens with zero attached hydrogens (tertiary/aromatic N) is 2. The van der Waals surface area contributed by atoms with Crippen LogP contribution in [0.1, 0.15) is 52.9 Å². The van der Waals surface area contributed by atoms with Gasteiger partial charge in [-0.1, -0.05) is 0 Å². The molecule has 2 aliphatic rings. The molecule has 39 heavy (non-hydrogen) atoms. The average molecular weight is 562 g/mol. The van der Waals surface area contributed by atoms with E-state index in [9.17, 15) is 37.1 Å². The Kier molecular flexibility index (Phi) is 10.0. The van der Waals surface area contributed by atoms with Gasteiger partial charge in [0, 0.05) is 38.2 Å². The number of aliphatic hydroxyl groups is 1. The van der Waals surface area contributed by atoms with Gasteiger partial charge < -0.3 is 29.7 Å². The van der Waals surface area contributed by atoms with Crippen molar-refractivity contribution in [2.45, 2.75) is 70.6 Å². The van der Waals surface area contributed by atoms with Gasteiger partial charge in [0.2, 0.25) is 17.5 Å². The number of piperidine rings is 1. The van der Waals surface area contributed by atoms with E-state index in [0.717, 1.165) is 12.8 Å². The number of aliphatic hydroxyl groups excluding tert-OH is 1. The average Bonchev–Trinajstić information content (AvgIpc) is 3.40. The Morgan fingerprint density at radius 2 is 1.54 bits per heavy atom. The largest absolute Gasteiger partial charge is 0.485 e. The number of ether oxygens (including phenoxy) is 2. The zero-order valence-electron chi connectivity index (χ0n) is 22.3. The Morgan fingerprint density at radius 1 is 1.00 bits per heavy atom. The lowest BCUT2D eigenvalue weighted by atomic mass is 9.95. The second-order valence-electron chi connectivity index (χ2n) is 10.8. The van der Waals surface area contributed by atoms with Crippen LogP contribution in [0, 0.1) is 29.2 Å². The summed E-state index contributed by atoms with van der Waals surface area (Å²) >= 11 is 0. The van der Waals surface area contributed by atoms with Gasteiger partial charge >= 0.3 is 12.0 Å². The van der Waals surface area contributed by atoms with Crippen molar-refractivity contribution in [1.29, 1.82) is 0 Å². The Hall–Kier alpha value is -3.09. The van der Waals surface area contributed by atoms with Gasteiger partial charge in [-0.2, -0.15) is 8.78 Å². The summed E-state index contributed by atoms with van der Waals surface area (Å²) in [6.07, 6.45) is 0.421. The number of esters is 1. The fourth-order valence-corrected chi connectivity index (χ4v) is 4.55.